The van der Waals surface area contributed by atoms with Gasteiger partial charge in [0.1, 0.15) is 0 Å². The van der Waals surface area contributed by atoms with Crippen LogP contribution in [0.15, 0.2) is 59.2 Å². The van der Waals surface area contributed by atoms with E-state index >= 15 is 0 Å². The summed E-state index contributed by atoms with van der Waals surface area (Å²) >= 11 is 11.7. The van der Waals surface area contributed by atoms with Crippen LogP contribution in [-0.4, -0.2) is 52.9 Å². The van der Waals surface area contributed by atoms with Crippen molar-refractivity contribution in [1.29, 1.82) is 0 Å². The fourth-order valence-electron chi connectivity index (χ4n) is 3.83. The van der Waals surface area contributed by atoms with Crippen molar-refractivity contribution in [3.05, 3.63) is 86.8 Å². The summed E-state index contributed by atoms with van der Waals surface area (Å²) in [4.78, 5) is 39.3. The molecule has 36 heavy (non-hydrogen) atoms. The Balaban J connectivity index is 1.34. The fourth-order valence-corrected chi connectivity index (χ4v) is 4.34. The van der Waals surface area contributed by atoms with Crippen molar-refractivity contribution >= 4 is 57.8 Å². The van der Waals surface area contributed by atoms with Crippen LogP contribution in [-0.2, 0) is 0 Å². The van der Waals surface area contributed by atoms with Gasteiger partial charge in [0.15, 0.2) is 10.9 Å². The first-order valence-electron chi connectivity index (χ1n) is 11.0. The number of nitro benzene ring substituents is 1. The Morgan fingerprint density at radius 1 is 1.11 bits per heavy atom. The molecule has 1 aliphatic heterocycles. The number of nitrogens with one attached hydrogen (secondary N) is 2. The van der Waals surface area contributed by atoms with Gasteiger partial charge < -0.3 is 19.5 Å². The maximum absolute atomic E-state index is 12.5. The average Bonchev–Trinajstić information content (AvgIpc) is 3.39. The largest absolute Gasteiger partial charge is 0.459 e. The van der Waals surface area contributed by atoms with Crippen molar-refractivity contribution < 1.29 is 18.9 Å². The summed E-state index contributed by atoms with van der Waals surface area (Å²) in [7, 11) is 0. The van der Waals surface area contributed by atoms with E-state index in [-0.39, 0.29) is 22.3 Å². The maximum Gasteiger partial charge on any atom is 0.289 e. The van der Waals surface area contributed by atoms with Crippen molar-refractivity contribution in [3.63, 3.8) is 0 Å². The number of furan rings is 1. The van der Waals surface area contributed by atoms with E-state index in [4.69, 9.17) is 28.2 Å². The number of anilines is 2. The van der Waals surface area contributed by atoms with E-state index in [9.17, 15) is 19.7 Å². The van der Waals surface area contributed by atoms with Crippen LogP contribution in [0.4, 0.5) is 17.1 Å². The van der Waals surface area contributed by atoms with E-state index in [2.05, 4.69) is 15.5 Å². The predicted octanol–water partition coefficient (Wildman–Crippen LogP) is 4.24. The van der Waals surface area contributed by atoms with Gasteiger partial charge in [0, 0.05) is 49.1 Å². The summed E-state index contributed by atoms with van der Waals surface area (Å²) in [6, 6.07) is 12.8. The second-order valence-electron chi connectivity index (χ2n) is 8.09. The minimum Gasteiger partial charge on any atom is -0.459 e. The minimum absolute atomic E-state index is 0.0251. The van der Waals surface area contributed by atoms with Gasteiger partial charge in [-0.1, -0.05) is 17.7 Å². The second kappa shape index (κ2) is 10.8. The second-order valence-corrected chi connectivity index (χ2v) is 8.90. The predicted molar refractivity (Wildman–Crippen MR) is 140 cm³/mol. The van der Waals surface area contributed by atoms with E-state index in [0.29, 0.717) is 48.2 Å². The zero-order chi connectivity index (χ0) is 25.8. The first-order valence-corrected chi connectivity index (χ1v) is 11.8. The first kappa shape index (κ1) is 25.1. The van der Waals surface area contributed by atoms with Gasteiger partial charge in [-0.25, -0.2) is 0 Å². The Morgan fingerprint density at radius 3 is 2.50 bits per heavy atom. The highest BCUT2D eigenvalue weighted by atomic mass is 35.5. The number of amides is 2. The summed E-state index contributed by atoms with van der Waals surface area (Å²) in [6.45, 7) is 3.87. The molecule has 1 aromatic heterocycles. The monoisotopic (exact) mass is 527 g/mol. The lowest BCUT2D eigenvalue weighted by atomic mass is 10.1. The molecule has 0 radical (unpaired) electrons. The molecule has 0 aliphatic carbocycles. The number of thiocarbonyl (C=S) groups is 1. The number of nitro groups is 1. The molecule has 2 heterocycles. The molecule has 0 bridgehead atoms. The number of carbonyl (C=O) groups excluding carboxylic acids is 2. The van der Waals surface area contributed by atoms with Gasteiger partial charge in [0.25, 0.3) is 17.5 Å². The van der Waals surface area contributed by atoms with Gasteiger partial charge >= 0.3 is 0 Å². The van der Waals surface area contributed by atoms with Gasteiger partial charge in [0.05, 0.1) is 21.9 Å². The molecule has 1 fully saturated rings. The number of halogens is 1. The fraction of sp³-hybridized carbons (Fsp3) is 0.208. The van der Waals surface area contributed by atoms with Crippen LogP contribution in [0.2, 0.25) is 5.02 Å². The van der Waals surface area contributed by atoms with Crippen LogP contribution in [0.25, 0.3) is 0 Å². The van der Waals surface area contributed by atoms with Crippen LogP contribution in [0.1, 0.15) is 26.5 Å². The number of nitrogens with zero attached hydrogens (tertiary/aromatic N) is 3. The number of piperazine rings is 1. The number of aryl methyl sites for hydroxylation is 1. The van der Waals surface area contributed by atoms with Crippen molar-refractivity contribution in [2.45, 2.75) is 6.92 Å². The number of carbonyl (C=O) groups is 2. The van der Waals surface area contributed by atoms with Crippen LogP contribution in [0.3, 0.4) is 0 Å². The molecule has 2 N–H and O–H groups in total. The Bertz CT molecular complexity index is 1320. The summed E-state index contributed by atoms with van der Waals surface area (Å²) in [6.07, 6.45) is 1.48. The molecule has 0 saturated carbocycles. The van der Waals surface area contributed by atoms with E-state index in [1.807, 2.05) is 6.07 Å². The number of hydrogen-bond acceptors (Lipinski definition) is 7. The summed E-state index contributed by atoms with van der Waals surface area (Å²) < 4.78 is 5.20. The molecular formula is C24H22ClN5O5S. The average molecular weight is 528 g/mol. The van der Waals surface area contributed by atoms with Gasteiger partial charge in [-0.3, -0.25) is 25.0 Å². The summed E-state index contributed by atoms with van der Waals surface area (Å²) in [5, 5.41) is 17.0. The molecule has 3 aromatic rings. The van der Waals surface area contributed by atoms with Crippen molar-refractivity contribution in [2.75, 3.05) is 36.4 Å². The summed E-state index contributed by atoms with van der Waals surface area (Å²) in [5.41, 5.74) is 1.81. The Hall–Kier alpha value is -3.96. The molecule has 12 heteroatoms. The van der Waals surface area contributed by atoms with Crippen LogP contribution in [0.5, 0.6) is 0 Å². The van der Waals surface area contributed by atoms with Crippen molar-refractivity contribution in [3.8, 4) is 0 Å². The number of benzene rings is 2. The van der Waals surface area contributed by atoms with Gasteiger partial charge in [0.2, 0.25) is 0 Å². The third-order valence-corrected chi connectivity index (χ3v) is 6.25. The number of rotatable bonds is 5. The Kier molecular flexibility index (Phi) is 7.51. The molecule has 0 unspecified atom stereocenters. The molecule has 2 aromatic carbocycles. The molecule has 1 aliphatic rings. The van der Waals surface area contributed by atoms with Gasteiger partial charge in [-0.05, 0) is 55.5 Å². The third kappa shape index (κ3) is 5.64. The molecular weight excluding hydrogens is 506 g/mol. The quantitative estimate of drug-likeness (QED) is 0.287. The Morgan fingerprint density at radius 2 is 1.86 bits per heavy atom. The zero-order valence-electron chi connectivity index (χ0n) is 19.2. The van der Waals surface area contributed by atoms with Crippen LogP contribution < -0.4 is 15.5 Å². The van der Waals surface area contributed by atoms with Crippen molar-refractivity contribution in [2.24, 2.45) is 0 Å². The topological polar surface area (TPSA) is 121 Å². The van der Waals surface area contributed by atoms with E-state index < -0.39 is 10.8 Å². The maximum atomic E-state index is 12.5. The highest BCUT2D eigenvalue weighted by Crippen LogP contribution is 2.30. The molecule has 1 saturated heterocycles. The summed E-state index contributed by atoms with van der Waals surface area (Å²) in [5.74, 6) is -0.387. The highest BCUT2D eigenvalue weighted by molar-refractivity contribution is 7.80. The molecule has 2 amide bonds. The van der Waals surface area contributed by atoms with Crippen LogP contribution in [0, 0.1) is 17.0 Å². The van der Waals surface area contributed by atoms with Crippen LogP contribution >= 0.6 is 23.8 Å². The molecule has 0 spiro atoms. The lowest BCUT2D eigenvalue weighted by Gasteiger charge is -2.36. The Labute approximate surface area is 217 Å². The van der Waals surface area contributed by atoms with Gasteiger partial charge in [-0.2, -0.15) is 0 Å². The zero-order valence-corrected chi connectivity index (χ0v) is 20.8. The lowest BCUT2D eigenvalue weighted by molar-refractivity contribution is -0.385. The highest BCUT2D eigenvalue weighted by Gasteiger charge is 2.25. The number of hydrogen-bond donors (Lipinski definition) is 2. The lowest BCUT2D eigenvalue weighted by Crippen LogP contribution is -2.48. The van der Waals surface area contributed by atoms with Gasteiger partial charge in [-0.15, -0.1) is 0 Å². The van der Waals surface area contributed by atoms with E-state index in [1.165, 1.54) is 24.5 Å². The molecule has 0 atom stereocenters. The van der Waals surface area contributed by atoms with E-state index in [0.717, 1.165) is 5.69 Å². The minimum atomic E-state index is -0.569. The molecule has 4 rings (SSSR count). The smallest absolute Gasteiger partial charge is 0.289 e. The SMILES string of the molecule is Cc1ccc(C(=O)NC(=S)Nc2ccc(N3CCN(C(=O)c4ccco4)CC3)c(Cl)c2)cc1[N+](=O)[O-]. The third-order valence-electron chi connectivity index (χ3n) is 5.74. The molecule has 186 valence electrons. The normalized spacial score (nSPS) is 13.3. The first-order chi connectivity index (χ1) is 17.2. The van der Waals surface area contributed by atoms with Crippen molar-refractivity contribution in [1.82, 2.24) is 10.2 Å². The molecule has 10 nitrogen and oxygen atoms in total. The standard InChI is InChI=1S/C24H22ClN5O5S/c1-15-4-5-16(13-20(15)30(33)34)22(31)27-24(36)26-17-6-7-19(18(25)14-17)28-8-10-29(11-9-28)23(32)21-3-2-12-35-21/h2-7,12-14H,8-11H2,1H3,(H2,26,27,31,36). The van der Waals surface area contributed by atoms with E-state index in [1.54, 1.807) is 36.1 Å².